The number of nitrogens with zero attached hydrogens (tertiary/aromatic N) is 1. The average molecular weight is 236 g/mol. The summed E-state index contributed by atoms with van der Waals surface area (Å²) in [7, 11) is 0. The number of hydrogen-bond acceptors (Lipinski definition) is 3. The van der Waals surface area contributed by atoms with Crippen LogP contribution in [-0.2, 0) is 4.74 Å². The predicted octanol–water partition coefficient (Wildman–Crippen LogP) is 2.86. The molecule has 0 aromatic carbocycles. The largest absolute Gasteiger partial charge is 0.381 e. The van der Waals surface area contributed by atoms with E-state index in [2.05, 4.69) is 36.3 Å². The number of rotatable bonds is 8. The first kappa shape index (κ1) is 14.1. The maximum absolute atomic E-state index is 5.54. The third kappa shape index (κ3) is 5.29. The van der Waals surface area contributed by atoms with Gasteiger partial charge in [-0.25, -0.2) is 0 Å². The van der Waals surface area contributed by atoms with Crippen LogP contribution in [0.2, 0.25) is 0 Å². The van der Waals surface area contributed by atoms with E-state index in [4.69, 9.17) is 4.74 Å². The van der Waals surface area contributed by atoms with Gasteiger partial charge >= 0.3 is 0 Å². The Labute approximate surface area is 105 Å². The Balaban J connectivity index is 2.49. The molecule has 0 spiro atoms. The molecule has 1 rings (SSSR count). The number of aryl methyl sites for hydroxylation is 1. The minimum absolute atomic E-state index is 0.352. The lowest BCUT2D eigenvalue weighted by Crippen LogP contribution is -2.22. The summed E-state index contributed by atoms with van der Waals surface area (Å²) >= 11 is 0. The fourth-order valence-corrected chi connectivity index (χ4v) is 1.77. The summed E-state index contributed by atoms with van der Waals surface area (Å²) in [5.74, 6) is 0. The first-order chi connectivity index (χ1) is 8.27. The molecule has 1 aromatic rings. The van der Waals surface area contributed by atoms with Crippen molar-refractivity contribution in [1.82, 2.24) is 10.3 Å². The van der Waals surface area contributed by atoms with Gasteiger partial charge in [-0.05, 0) is 37.9 Å². The van der Waals surface area contributed by atoms with Crippen LogP contribution in [-0.4, -0.2) is 24.7 Å². The normalized spacial score (nSPS) is 12.6. The Hall–Kier alpha value is -0.930. The second-order valence-electron chi connectivity index (χ2n) is 4.24. The maximum atomic E-state index is 5.54. The van der Waals surface area contributed by atoms with E-state index in [0.717, 1.165) is 38.3 Å². The molecule has 17 heavy (non-hydrogen) atoms. The molecule has 96 valence electrons. The molecule has 0 aliphatic rings. The highest BCUT2D eigenvalue weighted by molar-refractivity contribution is 5.17. The SMILES string of the molecule is CCCOCCC(NCC)c1ccc(C)nc1. The molecule has 1 atom stereocenters. The number of nitrogens with one attached hydrogen (secondary N) is 1. The summed E-state index contributed by atoms with van der Waals surface area (Å²) in [5.41, 5.74) is 2.31. The van der Waals surface area contributed by atoms with E-state index in [1.165, 1.54) is 5.56 Å². The summed E-state index contributed by atoms with van der Waals surface area (Å²) < 4.78 is 5.54. The van der Waals surface area contributed by atoms with Gasteiger partial charge in [-0.2, -0.15) is 0 Å². The molecule has 1 aromatic heterocycles. The van der Waals surface area contributed by atoms with Crippen LogP contribution in [0.4, 0.5) is 0 Å². The van der Waals surface area contributed by atoms with Crippen molar-refractivity contribution in [1.29, 1.82) is 0 Å². The molecule has 3 nitrogen and oxygen atoms in total. The number of ether oxygens (including phenoxy) is 1. The molecule has 0 radical (unpaired) electrons. The van der Waals surface area contributed by atoms with Crippen LogP contribution >= 0.6 is 0 Å². The maximum Gasteiger partial charge on any atom is 0.0484 e. The van der Waals surface area contributed by atoms with E-state index >= 15 is 0 Å². The lowest BCUT2D eigenvalue weighted by Gasteiger charge is -2.18. The highest BCUT2D eigenvalue weighted by Gasteiger charge is 2.10. The Morgan fingerprint density at radius 1 is 1.29 bits per heavy atom. The predicted molar refractivity (Wildman–Crippen MR) is 71.1 cm³/mol. The minimum atomic E-state index is 0.352. The summed E-state index contributed by atoms with van der Waals surface area (Å²) in [6.07, 6.45) is 4.04. The first-order valence-corrected chi connectivity index (χ1v) is 6.51. The molecule has 0 fully saturated rings. The third-order valence-electron chi connectivity index (χ3n) is 2.69. The van der Waals surface area contributed by atoms with Gasteiger partial charge in [0.2, 0.25) is 0 Å². The van der Waals surface area contributed by atoms with Crippen LogP contribution in [0.3, 0.4) is 0 Å². The quantitative estimate of drug-likeness (QED) is 0.705. The smallest absolute Gasteiger partial charge is 0.0484 e. The van der Waals surface area contributed by atoms with E-state index < -0.39 is 0 Å². The molecule has 0 aliphatic carbocycles. The molecular formula is C14H24N2O. The standard InChI is InChI=1S/C14H24N2O/c1-4-9-17-10-8-14(15-5-2)13-7-6-12(3)16-11-13/h6-7,11,14-15H,4-5,8-10H2,1-3H3. The Morgan fingerprint density at radius 3 is 2.71 bits per heavy atom. The molecule has 0 bridgehead atoms. The highest BCUT2D eigenvalue weighted by Crippen LogP contribution is 2.16. The van der Waals surface area contributed by atoms with Gasteiger partial charge in [0.05, 0.1) is 0 Å². The Kier molecular flexibility index (Phi) is 6.82. The molecule has 0 aliphatic heterocycles. The Bertz CT molecular complexity index is 298. The van der Waals surface area contributed by atoms with Crippen molar-refractivity contribution in [3.8, 4) is 0 Å². The summed E-state index contributed by atoms with van der Waals surface area (Å²) in [5, 5.41) is 3.48. The number of hydrogen-bond donors (Lipinski definition) is 1. The van der Waals surface area contributed by atoms with Gasteiger partial charge < -0.3 is 10.1 Å². The highest BCUT2D eigenvalue weighted by atomic mass is 16.5. The van der Waals surface area contributed by atoms with Gasteiger partial charge in [-0.3, -0.25) is 4.98 Å². The van der Waals surface area contributed by atoms with Crippen molar-refractivity contribution in [3.63, 3.8) is 0 Å². The van der Waals surface area contributed by atoms with E-state index in [1.807, 2.05) is 13.1 Å². The van der Waals surface area contributed by atoms with Gasteiger partial charge in [-0.15, -0.1) is 0 Å². The first-order valence-electron chi connectivity index (χ1n) is 6.51. The van der Waals surface area contributed by atoms with Crippen LogP contribution in [0.25, 0.3) is 0 Å². The average Bonchev–Trinajstić information content (AvgIpc) is 2.34. The molecule has 1 heterocycles. The summed E-state index contributed by atoms with van der Waals surface area (Å²) in [6, 6.07) is 4.56. The van der Waals surface area contributed by atoms with Crippen molar-refractivity contribution >= 4 is 0 Å². The van der Waals surface area contributed by atoms with Gasteiger partial charge in [0.15, 0.2) is 0 Å². The van der Waals surface area contributed by atoms with Crippen molar-refractivity contribution in [3.05, 3.63) is 29.6 Å². The second-order valence-corrected chi connectivity index (χ2v) is 4.24. The molecule has 0 amide bonds. The zero-order valence-electron chi connectivity index (χ0n) is 11.2. The van der Waals surface area contributed by atoms with Crippen LogP contribution in [0.1, 0.15) is 44.0 Å². The van der Waals surface area contributed by atoms with Gasteiger partial charge in [-0.1, -0.05) is 19.9 Å². The number of pyridine rings is 1. The topological polar surface area (TPSA) is 34.1 Å². The lowest BCUT2D eigenvalue weighted by molar-refractivity contribution is 0.124. The molecule has 3 heteroatoms. The van der Waals surface area contributed by atoms with E-state index in [1.54, 1.807) is 0 Å². The van der Waals surface area contributed by atoms with Gasteiger partial charge in [0.25, 0.3) is 0 Å². The van der Waals surface area contributed by atoms with E-state index in [0.29, 0.717) is 6.04 Å². The fourth-order valence-electron chi connectivity index (χ4n) is 1.77. The molecule has 0 saturated carbocycles. The monoisotopic (exact) mass is 236 g/mol. The number of aromatic nitrogens is 1. The third-order valence-corrected chi connectivity index (χ3v) is 2.69. The summed E-state index contributed by atoms with van der Waals surface area (Å²) in [4.78, 5) is 4.35. The van der Waals surface area contributed by atoms with Gasteiger partial charge in [0.1, 0.15) is 0 Å². The van der Waals surface area contributed by atoms with Crippen LogP contribution in [0, 0.1) is 6.92 Å². The summed E-state index contributed by atoms with van der Waals surface area (Å²) in [6.45, 7) is 8.89. The zero-order valence-corrected chi connectivity index (χ0v) is 11.2. The fraction of sp³-hybridized carbons (Fsp3) is 0.643. The van der Waals surface area contributed by atoms with Crippen LogP contribution < -0.4 is 5.32 Å². The zero-order chi connectivity index (χ0) is 12.5. The van der Waals surface area contributed by atoms with E-state index in [-0.39, 0.29) is 0 Å². The molecular weight excluding hydrogens is 212 g/mol. The van der Waals surface area contributed by atoms with Gasteiger partial charge in [0, 0.05) is 31.1 Å². The molecule has 0 saturated heterocycles. The van der Waals surface area contributed by atoms with Crippen molar-refractivity contribution in [2.24, 2.45) is 0 Å². The lowest BCUT2D eigenvalue weighted by atomic mass is 10.1. The van der Waals surface area contributed by atoms with E-state index in [9.17, 15) is 0 Å². The van der Waals surface area contributed by atoms with Crippen LogP contribution in [0.5, 0.6) is 0 Å². The molecule has 1 N–H and O–H groups in total. The van der Waals surface area contributed by atoms with Crippen molar-refractivity contribution in [2.45, 2.75) is 39.7 Å². The van der Waals surface area contributed by atoms with Crippen LogP contribution in [0.15, 0.2) is 18.3 Å². The minimum Gasteiger partial charge on any atom is -0.381 e. The molecule has 1 unspecified atom stereocenters. The van der Waals surface area contributed by atoms with Crippen molar-refractivity contribution < 1.29 is 4.74 Å². The van der Waals surface area contributed by atoms with Crippen molar-refractivity contribution in [2.75, 3.05) is 19.8 Å². The second kappa shape index (κ2) is 8.20. The Morgan fingerprint density at radius 2 is 2.12 bits per heavy atom.